The van der Waals surface area contributed by atoms with E-state index >= 15 is 0 Å². The van der Waals surface area contributed by atoms with Gasteiger partial charge in [0.05, 0.1) is 15.9 Å². The van der Waals surface area contributed by atoms with Crippen LogP contribution in [0.15, 0.2) is 111 Å². The Morgan fingerprint density at radius 1 is 0.714 bits per heavy atom. The Morgan fingerprint density at radius 3 is 2.07 bits per heavy atom. The summed E-state index contributed by atoms with van der Waals surface area (Å²) in [5, 5.41) is 10.7. The number of nitrogens with one attached hydrogen (secondary N) is 1. The van der Waals surface area contributed by atoms with E-state index in [2.05, 4.69) is 31.3 Å². The van der Waals surface area contributed by atoms with E-state index in [0.29, 0.717) is 16.9 Å². The number of sulfonamides is 1. The van der Waals surface area contributed by atoms with Gasteiger partial charge in [-0.3, -0.25) is 0 Å². The van der Waals surface area contributed by atoms with E-state index in [9.17, 15) is 8.42 Å². The van der Waals surface area contributed by atoms with E-state index in [-0.39, 0.29) is 4.90 Å². The third-order valence-corrected chi connectivity index (χ3v) is 8.57. The molecular formula is C35H31N3O3S. The lowest BCUT2D eigenvalue weighted by Crippen LogP contribution is -2.13. The van der Waals surface area contributed by atoms with E-state index in [1.807, 2.05) is 80.6 Å². The molecule has 0 aromatic heterocycles. The third kappa shape index (κ3) is 5.09. The Morgan fingerprint density at radius 2 is 1.38 bits per heavy atom. The molecule has 4 aromatic carbocycles. The minimum atomic E-state index is -4.00. The Balaban J connectivity index is 1.64. The normalized spacial score (nSPS) is 12.3. The molecule has 0 amide bonds. The van der Waals surface area contributed by atoms with Crippen molar-refractivity contribution in [3.05, 3.63) is 125 Å². The molecule has 0 saturated carbocycles. The second-order valence-electron chi connectivity index (χ2n) is 10.7. The highest BCUT2D eigenvalue weighted by Crippen LogP contribution is 2.43. The van der Waals surface area contributed by atoms with Gasteiger partial charge in [0.1, 0.15) is 11.3 Å². The van der Waals surface area contributed by atoms with Crippen LogP contribution < -0.4 is 15.8 Å². The first-order chi connectivity index (χ1) is 20.1. The number of nitrogens with two attached hydrogens (primary N) is 1. The summed E-state index contributed by atoms with van der Waals surface area (Å²) in [5.74, 6) is 0.582. The predicted octanol–water partition coefficient (Wildman–Crippen LogP) is 8.06. The lowest BCUT2D eigenvalue weighted by molar-refractivity contribution is 0.598. The molecule has 1 aliphatic carbocycles. The smallest absolute Gasteiger partial charge is 0.238 e. The molecule has 3 N–H and O–H groups in total. The van der Waals surface area contributed by atoms with Crippen LogP contribution in [0.3, 0.4) is 0 Å². The number of hydrogen-bond acceptors (Lipinski definition) is 5. The molecule has 1 heterocycles. The monoisotopic (exact) mass is 573 g/mol. The van der Waals surface area contributed by atoms with Crippen LogP contribution in [0, 0.1) is 27.7 Å². The van der Waals surface area contributed by atoms with Crippen molar-refractivity contribution in [3.63, 3.8) is 0 Å². The summed E-state index contributed by atoms with van der Waals surface area (Å²) >= 11 is 0. The number of nitrogens with zero attached hydrogens (tertiary/aromatic N) is 1. The molecule has 42 heavy (non-hydrogen) atoms. The standard InChI is InChI=1S/C35H31N3O3S/c1-21-9-7-10-22(2)34(21)37-25-15-17-27-30(19-25)41-31-20-26(38-35-23(3)11-8-12-24(35)4)16-18-28(31)33(27)29-13-5-6-14-32(29)42(36,39)40/h5-20,37H,1-4H3,(H2,36,39,40). The maximum atomic E-state index is 12.7. The van der Waals surface area contributed by atoms with Crippen LogP contribution in [0.5, 0.6) is 0 Å². The highest BCUT2D eigenvalue weighted by Gasteiger charge is 2.23. The van der Waals surface area contributed by atoms with Crippen LogP contribution in [-0.2, 0) is 10.0 Å². The van der Waals surface area contributed by atoms with Gasteiger partial charge in [-0.25, -0.2) is 18.5 Å². The molecule has 0 atom stereocenters. The van der Waals surface area contributed by atoms with Gasteiger partial charge in [0.15, 0.2) is 0 Å². The fourth-order valence-corrected chi connectivity index (χ4v) is 6.25. The van der Waals surface area contributed by atoms with Crippen molar-refractivity contribution in [2.75, 3.05) is 5.32 Å². The summed E-state index contributed by atoms with van der Waals surface area (Å²) in [6.07, 6.45) is 0. The number of aryl methyl sites for hydroxylation is 4. The van der Waals surface area contributed by atoms with E-state index < -0.39 is 10.0 Å². The topological polar surface area (TPSA) is 97.7 Å². The zero-order valence-corrected chi connectivity index (χ0v) is 24.7. The molecule has 4 aromatic rings. The van der Waals surface area contributed by atoms with Crippen LogP contribution in [0.1, 0.15) is 22.3 Å². The molecule has 7 heteroatoms. The number of primary sulfonamides is 1. The quantitative estimate of drug-likeness (QED) is 0.204. The zero-order chi connectivity index (χ0) is 29.6. The van der Waals surface area contributed by atoms with Crippen LogP contribution in [0.2, 0.25) is 0 Å². The number of rotatable bonds is 5. The Labute approximate surface area is 245 Å². The molecule has 0 unspecified atom stereocenters. The van der Waals surface area contributed by atoms with Gasteiger partial charge in [-0.2, -0.15) is 0 Å². The first kappa shape index (κ1) is 27.4. The average molecular weight is 574 g/mol. The first-order valence-corrected chi connectivity index (χ1v) is 15.2. The van der Waals surface area contributed by atoms with Crippen LogP contribution in [-0.4, -0.2) is 8.42 Å². The lowest BCUT2D eigenvalue weighted by atomic mass is 9.93. The molecule has 0 spiro atoms. The fourth-order valence-electron chi connectivity index (χ4n) is 5.50. The third-order valence-electron chi connectivity index (χ3n) is 7.60. The maximum Gasteiger partial charge on any atom is 0.238 e. The minimum Gasteiger partial charge on any atom is -0.456 e. The van der Waals surface area contributed by atoms with E-state index in [1.165, 1.54) is 6.07 Å². The van der Waals surface area contributed by atoms with Gasteiger partial charge in [-0.1, -0.05) is 54.6 Å². The molecule has 6 nitrogen and oxygen atoms in total. The van der Waals surface area contributed by atoms with Crippen molar-refractivity contribution < 1.29 is 12.8 Å². The largest absolute Gasteiger partial charge is 0.456 e. The molecule has 0 saturated heterocycles. The summed E-state index contributed by atoms with van der Waals surface area (Å²) in [5.41, 5.74) is 9.82. The van der Waals surface area contributed by atoms with Crippen molar-refractivity contribution in [2.24, 2.45) is 10.1 Å². The van der Waals surface area contributed by atoms with Crippen molar-refractivity contribution in [1.82, 2.24) is 0 Å². The van der Waals surface area contributed by atoms with Gasteiger partial charge in [-0.15, -0.1) is 0 Å². The van der Waals surface area contributed by atoms with Gasteiger partial charge in [0.25, 0.3) is 0 Å². The molecule has 0 bridgehead atoms. The van der Waals surface area contributed by atoms with Gasteiger partial charge < -0.3 is 9.73 Å². The Hall–Kier alpha value is -4.72. The molecule has 0 fully saturated rings. The van der Waals surface area contributed by atoms with Crippen molar-refractivity contribution >= 4 is 38.1 Å². The van der Waals surface area contributed by atoms with Crippen molar-refractivity contribution in [2.45, 2.75) is 32.6 Å². The number of fused-ring (bicyclic) bond motifs is 2. The van der Waals surface area contributed by atoms with Crippen molar-refractivity contribution in [3.8, 4) is 22.5 Å². The first-order valence-electron chi connectivity index (χ1n) is 13.7. The van der Waals surface area contributed by atoms with E-state index in [4.69, 9.17) is 14.5 Å². The Bertz CT molecular complexity index is 2110. The summed E-state index contributed by atoms with van der Waals surface area (Å²) in [4.78, 5) is 4.99. The van der Waals surface area contributed by atoms with E-state index in [0.717, 1.165) is 61.2 Å². The molecule has 1 aliphatic heterocycles. The molecule has 210 valence electrons. The highest BCUT2D eigenvalue weighted by molar-refractivity contribution is 7.89. The predicted molar refractivity (Wildman–Crippen MR) is 170 cm³/mol. The molecular weight excluding hydrogens is 542 g/mol. The number of para-hydroxylation sites is 2. The van der Waals surface area contributed by atoms with Gasteiger partial charge >= 0.3 is 0 Å². The van der Waals surface area contributed by atoms with Crippen molar-refractivity contribution in [1.29, 1.82) is 0 Å². The summed E-state index contributed by atoms with van der Waals surface area (Å²) in [7, 11) is -4.00. The van der Waals surface area contributed by atoms with Crippen LogP contribution >= 0.6 is 0 Å². The van der Waals surface area contributed by atoms with Crippen LogP contribution in [0.25, 0.3) is 33.4 Å². The summed E-state index contributed by atoms with van der Waals surface area (Å²) < 4.78 is 31.9. The minimum absolute atomic E-state index is 0.0563. The van der Waals surface area contributed by atoms with E-state index in [1.54, 1.807) is 12.1 Å². The highest BCUT2D eigenvalue weighted by atomic mass is 32.2. The maximum absolute atomic E-state index is 12.7. The van der Waals surface area contributed by atoms with Crippen LogP contribution in [0.4, 0.5) is 17.1 Å². The average Bonchev–Trinajstić information content (AvgIpc) is 2.95. The zero-order valence-electron chi connectivity index (χ0n) is 23.9. The van der Waals surface area contributed by atoms with Gasteiger partial charge in [0.2, 0.25) is 10.0 Å². The summed E-state index contributed by atoms with van der Waals surface area (Å²) in [6, 6.07) is 30.7. The van der Waals surface area contributed by atoms with Gasteiger partial charge in [-0.05, 0) is 80.3 Å². The lowest BCUT2D eigenvalue weighted by Gasteiger charge is -2.18. The Kier molecular flexibility index (Phi) is 6.93. The fraction of sp³-hybridized carbons (Fsp3) is 0.114. The SMILES string of the molecule is Cc1cccc(C)c1N=c1ccc2c(-c3ccccc3S(N)(=O)=O)c3ccc(Nc4c(C)cccc4C)cc3oc-2c1. The second-order valence-corrected chi connectivity index (χ2v) is 12.2. The molecule has 0 radical (unpaired) electrons. The number of anilines is 2. The number of hydrogen-bond donors (Lipinski definition) is 2. The second kappa shape index (κ2) is 10.6. The van der Waals surface area contributed by atoms with Gasteiger partial charge in [0, 0.05) is 45.6 Å². The number of benzene rings is 5. The molecule has 2 aliphatic rings. The summed E-state index contributed by atoms with van der Waals surface area (Å²) in [6.45, 7) is 8.21. The molecule has 6 rings (SSSR count).